The molecular formula is C23H23N3O3. The number of benzene rings is 2. The van der Waals surface area contributed by atoms with Crippen LogP contribution in [0.5, 0.6) is 17.4 Å². The first kappa shape index (κ1) is 18.8. The molecular weight excluding hydrogens is 366 g/mol. The van der Waals surface area contributed by atoms with Crippen molar-refractivity contribution in [3.8, 4) is 17.4 Å². The number of pyridine rings is 1. The van der Waals surface area contributed by atoms with Gasteiger partial charge in [-0.3, -0.25) is 0 Å². The first-order chi connectivity index (χ1) is 14.2. The molecule has 0 radical (unpaired) electrons. The van der Waals surface area contributed by atoms with Crippen LogP contribution in [0.4, 0.5) is 5.69 Å². The fourth-order valence-corrected chi connectivity index (χ4v) is 3.54. The van der Waals surface area contributed by atoms with Crippen molar-refractivity contribution in [3.63, 3.8) is 0 Å². The molecule has 1 aliphatic heterocycles. The zero-order valence-electron chi connectivity index (χ0n) is 16.5. The molecule has 0 unspecified atom stereocenters. The zero-order chi connectivity index (χ0) is 20.2. The quantitative estimate of drug-likeness (QED) is 0.301. The molecule has 0 fully saturated rings. The Labute approximate surface area is 170 Å². The molecule has 0 aliphatic carbocycles. The Bertz CT molecular complexity index is 1030. The van der Waals surface area contributed by atoms with Crippen LogP contribution in [0.25, 0.3) is 0 Å². The van der Waals surface area contributed by atoms with E-state index < -0.39 is 0 Å². The van der Waals surface area contributed by atoms with Gasteiger partial charge in [-0.25, -0.2) is 4.98 Å². The first-order valence-electron chi connectivity index (χ1n) is 9.57. The minimum absolute atomic E-state index is 0.394. The van der Waals surface area contributed by atoms with Gasteiger partial charge in [0, 0.05) is 17.9 Å². The second-order valence-electron chi connectivity index (χ2n) is 6.89. The van der Waals surface area contributed by atoms with E-state index in [0.29, 0.717) is 23.0 Å². The maximum Gasteiger partial charge on any atom is 0.230 e. The molecule has 3 aromatic rings. The van der Waals surface area contributed by atoms with E-state index in [-0.39, 0.29) is 0 Å². The molecule has 29 heavy (non-hydrogen) atoms. The maximum absolute atomic E-state index is 9.93. The lowest BCUT2D eigenvalue weighted by atomic mass is 10.0. The molecule has 1 N–H and O–H groups in total. The van der Waals surface area contributed by atoms with Crippen molar-refractivity contribution in [2.24, 2.45) is 5.16 Å². The highest BCUT2D eigenvalue weighted by Crippen LogP contribution is 2.32. The fraction of sp³-hybridized carbons (Fsp3) is 0.217. The predicted molar refractivity (Wildman–Crippen MR) is 112 cm³/mol. The summed E-state index contributed by atoms with van der Waals surface area (Å²) >= 11 is 0. The molecule has 0 saturated carbocycles. The van der Waals surface area contributed by atoms with Gasteiger partial charge in [0.25, 0.3) is 0 Å². The van der Waals surface area contributed by atoms with Crippen LogP contribution in [0.1, 0.15) is 23.2 Å². The van der Waals surface area contributed by atoms with Crippen molar-refractivity contribution < 1.29 is 14.7 Å². The van der Waals surface area contributed by atoms with Crippen LogP contribution in [-0.2, 0) is 6.42 Å². The summed E-state index contributed by atoms with van der Waals surface area (Å²) in [6.07, 6.45) is 1.98. The van der Waals surface area contributed by atoms with Crippen molar-refractivity contribution in [2.45, 2.75) is 19.8 Å². The number of oxime groups is 1. The van der Waals surface area contributed by atoms with Gasteiger partial charge in [0.2, 0.25) is 5.88 Å². The number of nitrogens with zero attached hydrogens (tertiary/aromatic N) is 3. The van der Waals surface area contributed by atoms with Crippen molar-refractivity contribution in [2.75, 3.05) is 18.6 Å². The molecule has 2 aromatic carbocycles. The summed E-state index contributed by atoms with van der Waals surface area (Å²) in [5.41, 5.74) is 3.72. The first-order valence-corrected chi connectivity index (χ1v) is 9.57. The molecule has 0 amide bonds. The van der Waals surface area contributed by atoms with Crippen LogP contribution in [0.3, 0.4) is 0 Å². The number of aromatic nitrogens is 1. The molecule has 1 aromatic heterocycles. The van der Waals surface area contributed by atoms with Gasteiger partial charge in [0.15, 0.2) is 5.84 Å². The lowest BCUT2D eigenvalue weighted by Gasteiger charge is -2.31. The van der Waals surface area contributed by atoms with E-state index in [0.717, 1.165) is 36.5 Å². The molecule has 6 nitrogen and oxygen atoms in total. The number of anilines is 1. The summed E-state index contributed by atoms with van der Waals surface area (Å²) < 4.78 is 11.3. The summed E-state index contributed by atoms with van der Waals surface area (Å²) in [7, 11) is 1.62. The van der Waals surface area contributed by atoms with Crippen LogP contribution in [0.15, 0.2) is 65.8 Å². The van der Waals surface area contributed by atoms with Gasteiger partial charge in [-0.05, 0) is 67.8 Å². The molecule has 4 rings (SSSR count). The summed E-state index contributed by atoms with van der Waals surface area (Å²) in [5.74, 6) is 2.19. The number of amidine groups is 1. The average Bonchev–Trinajstić information content (AvgIpc) is 2.76. The number of fused-ring (bicyclic) bond motifs is 1. The number of ether oxygens (including phenoxy) is 2. The molecule has 2 heterocycles. The highest BCUT2D eigenvalue weighted by Gasteiger charge is 2.25. The summed E-state index contributed by atoms with van der Waals surface area (Å²) in [5, 5.41) is 13.6. The van der Waals surface area contributed by atoms with Crippen LogP contribution < -0.4 is 14.4 Å². The van der Waals surface area contributed by atoms with Gasteiger partial charge in [0.1, 0.15) is 11.5 Å². The van der Waals surface area contributed by atoms with Crippen LogP contribution in [0, 0.1) is 6.92 Å². The minimum Gasteiger partial charge on any atom is -0.497 e. The Morgan fingerprint density at radius 2 is 1.79 bits per heavy atom. The second kappa shape index (κ2) is 8.22. The summed E-state index contributed by atoms with van der Waals surface area (Å²) in [4.78, 5) is 6.58. The van der Waals surface area contributed by atoms with E-state index in [1.165, 1.54) is 5.56 Å². The third kappa shape index (κ3) is 3.87. The SMILES string of the molecule is COc1ccc(Oc2nc(C)ccc2/C(=N/O)N2CCCc3ccccc32)cc1. The van der Waals surface area contributed by atoms with Gasteiger partial charge in [-0.2, -0.15) is 0 Å². The van der Waals surface area contributed by atoms with Gasteiger partial charge in [-0.1, -0.05) is 23.4 Å². The van der Waals surface area contributed by atoms with E-state index >= 15 is 0 Å². The second-order valence-corrected chi connectivity index (χ2v) is 6.89. The topological polar surface area (TPSA) is 67.2 Å². The third-order valence-corrected chi connectivity index (χ3v) is 4.98. The van der Waals surface area contributed by atoms with Gasteiger partial charge < -0.3 is 19.6 Å². The maximum atomic E-state index is 9.93. The lowest BCUT2D eigenvalue weighted by molar-refractivity contribution is 0.317. The normalized spacial score (nSPS) is 13.7. The third-order valence-electron chi connectivity index (χ3n) is 4.98. The molecule has 0 spiro atoms. The van der Waals surface area contributed by atoms with Crippen molar-refractivity contribution in [1.82, 2.24) is 4.98 Å². The van der Waals surface area contributed by atoms with Gasteiger partial charge in [0.05, 0.1) is 12.7 Å². The standard InChI is InChI=1S/C23H23N3O3/c1-16-9-14-20(23(24-16)29-19-12-10-18(28-2)11-13-19)22(25-27)26-15-5-7-17-6-3-4-8-21(17)26/h3-4,6,8-14,27H,5,7,15H2,1-2H3/b25-22-. The molecule has 0 saturated heterocycles. The number of methoxy groups -OCH3 is 1. The number of rotatable bonds is 4. The molecule has 1 aliphatic rings. The molecule has 148 valence electrons. The number of hydrogen-bond acceptors (Lipinski definition) is 5. The van der Waals surface area contributed by atoms with Gasteiger partial charge >= 0.3 is 0 Å². The Morgan fingerprint density at radius 3 is 2.55 bits per heavy atom. The van der Waals surface area contributed by atoms with Crippen molar-refractivity contribution >= 4 is 11.5 Å². The molecule has 0 atom stereocenters. The van der Waals surface area contributed by atoms with Crippen LogP contribution >= 0.6 is 0 Å². The van der Waals surface area contributed by atoms with E-state index in [1.54, 1.807) is 7.11 Å². The van der Waals surface area contributed by atoms with Crippen molar-refractivity contribution in [1.29, 1.82) is 0 Å². The summed E-state index contributed by atoms with van der Waals surface area (Å²) in [6.45, 7) is 2.66. The van der Waals surface area contributed by atoms with E-state index in [1.807, 2.05) is 66.4 Å². The highest BCUT2D eigenvalue weighted by molar-refractivity contribution is 6.11. The van der Waals surface area contributed by atoms with Crippen LogP contribution in [-0.4, -0.2) is 29.7 Å². The van der Waals surface area contributed by atoms with E-state index in [4.69, 9.17) is 9.47 Å². The monoisotopic (exact) mass is 389 g/mol. The summed E-state index contributed by atoms with van der Waals surface area (Å²) in [6, 6.07) is 19.2. The van der Waals surface area contributed by atoms with E-state index in [2.05, 4.69) is 16.2 Å². The smallest absolute Gasteiger partial charge is 0.230 e. The molecule has 0 bridgehead atoms. The predicted octanol–water partition coefficient (Wildman–Crippen LogP) is 4.78. The Balaban J connectivity index is 1.72. The lowest BCUT2D eigenvalue weighted by Crippen LogP contribution is -2.36. The Kier molecular flexibility index (Phi) is 5.33. The highest BCUT2D eigenvalue weighted by atomic mass is 16.5. The Morgan fingerprint density at radius 1 is 1.03 bits per heavy atom. The zero-order valence-corrected chi connectivity index (χ0v) is 16.5. The fourth-order valence-electron chi connectivity index (χ4n) is 3.54. The number of aryl methyl sites for hydroxylation is 2. The number of hydrogen-bond donors (Lipinski definition) is 1. The Hall–Kier alpha value is -3.54. The minimum atomic E-state index is 0.394. The number of para-hydroxylation sites is 1. The average molecular weight is 389 g/mol. The van der Waals surface area contributed by atoms with Crippen LogP contribution in [0.2, 0.25) is 0 Å². The van der Waals surface area contributed by atoms with Gasteiger partial charge in [-0.15, -0.1) is 0 Å². The van der Waals surface area contributed by atoms with E-state index in [9.17, 15) is 5.21 Å². The van der Waals surface area contributed by atoms with Crippen molar-refractivity contribution in [3.05, 3.63) is 77.5 Å². The molecule has 6 heteroatoms. The largest absolute Gasteiger partial charge is 0.497 e.